The molecule has 6 nitrogen and oxygen atoms in total. The Morgan fingerprint density at radius 1 is 1.32 bits per heavy atom. The van der Waals surface area contributed by atoms with Gasteiger partial charge in [-0.2, -0.15) is 0 Å². The molecule has 4 N–H and O–H groups in total. The summed E-state index contributed by atoms with van der Waals surface area (Å²) in [6.45, 7) is 7.05. The number of hydrogen-bond donors (Lipinski definition) is 4. The molecule has 1 aliphatic rings. The van der Waals surface area contributed by atoms with Crippen molar-refractivity contribution in [2.45, 2.75) is 65.0 Å². The average molecular weight is 343 g/mol. The van der Waals surface area contributed by atoms with Crippen LogP contribution in [0.1, 0.15) is 49.6 Å². The van der Waals surface area contributed by atoms with E-state index < -0.39 is 0 Å². The SMILES string of the molecule is CCCC1CC(C(=O)NCCCc2nc3c(C)c(C)ccc3[nH]2)NN1. The van der Waals surface area contributed by atoms with Crippen molar-refractivity contribution in [3.63, 3.8) is 0 Å². The van der Waals surface area contributed by atoms with Crippen LogP contribution in [0.3, 0.4) is 0 Å². The third kappa shape index (κ3) is 4.19. The Morgan fingerprint density at radius 2 is 2.16 bits per heavy atom. The summed E-state index contributed by atoms with van der Waals surface area (Å²) < 4.78 is 0. The maximum atomic E-state index is 12.2. The van der Waals surface area contributed by atoms with Gasteiger partial charge in [0.2, 0.25) is 5.91 Å². The lowest BCUT2D eigenvalue weighted by Crippen LogP contribution is -2.43. The number of hydrogen-bond acceptors (Lipinski definition) is 4. The molecule has 1 aromatic heterocycles. The number of benzene rings is 1. The van der Waals surface area contributed by atoms with Crippen LogP contribution in [0.15, 0.2) is 12.1 Å². The van der Waals surface area contributed by atoms with Crippen molar-refractivity contribution in [2.75, 3.05) is 6.54 Å². The molecule has 1 saturated heterocycles. The molecule has 1 fully saturated rings. The second kappa shape index (κ2) is 7.97. The minimum atomic E-state index is -0.117. The third-order valence-corrected chi connectivity index (χ3v) is 5.05. The number of aryl methyl sites for hydroxylation is 3. The standard InChI is InChI=1S/C19H29N5O/c1-4-6-14-11-16(24-23-14)19(25)20-10-5-7-17-21-15-9-8-12(2)13(3)18(15)22-17/h8-9,14,16,23-24H,4-7,10-11H2,1-3H3,(H,20,25)(H,21,22). The molecular formula is C19H29N5O. The lowest BCUT2D eigenvalue weighted by molar-refractivity contribution is -0.122. The number of amides is 1. The van der Waals surface area contributed by atoms with E-state index in [1.807, 2.05) is 0 Å². The highest BCUT2D eigenvalue weighted by molar-refractivity contribution is 5.82. The lowest BCUT2D eigenvalue weighted by Gasteiger charge is -2.10. The van der Waals surface area contributed by atoms with Crippen LogP contribution in [0.4, 0.5) is 0 Å². The van der Waals surface area contributed by atoms with Gasteiger partial charge in [0.1, 0.15) is 11.9 Å². The van der Waals surface area contributed by atoms with Crippen LogP contribution in [0.5, 0.6) is 0 Å². The molecule has 0 aliphatic carbocycles. The van der Waals surface area contributed by atoms with E-state index in [0.29, 0.717) is 12.6 Å². The number of nitrogens with one attached hydrogen (secondary N) is 4. The summed E-state index contributed by atoms with van der Waals surface area (Å²) in [5, 5.41) is 3.03. The van der Waals surface area contributed by atoms with Gasteiger partial charge in [-0.1, -0.05) is 19.4 Å². The highest BCUT2D eigenvalue weighted by atomic mass is 16.2. The van der Waals surface area contributed by atoms with Crippen molar-refractivity contribution in [3.8, 4) is 0 Å². The Balaban J connectivity index is 1.44. The summed E-state index contributed by atoms with van der Waals surface area (Å²) in [5.74, 6) is 1.07. The van der Waals surface area contributed by atoms with Gasteiger partial charge in [-0.15, -0.1) is 0 Å². The van der Waals surface area contributed by atoms with Gasteiger partial charge in [-0.25, -0.2) is 10.4 Å². The molecule has 2 aromatic rings. The predicted molar refractivity (Wildman–Crippen MR) is 100 cm³/mol. The van der Waals surface area contributed by atoms with Crippen molar-refractivity contribution >= 4 is 16.9 Å². The summed E-state index contributed by atoms with van der Waals surface area (Å²) in [5.41, 5.74) is 10.9. The molecule has 3 rings (SSSR count). The molecule has 2 atom stereocenters. The van der Waals surface area contributed by atoms with Crippen LogP contribution >= 0.6 is 0 Å². The molecule has 1 aliphatic heterocycles. The summed E-state index contributed by atoms with van der Waals surface area (Å²) in [7, 11) is 0. The van der Waals surface area contributed by atoms with Gasteiger partial charge < -0.3 is 10.3 Å². The molecule has 2 heterocycles. The Labute approximate surface area is 149 Å². The van der Waals surface area contributed by atoms with E-state index in [1.54, 1.807) is 0 Å². The van der Waals surface area contributed by atoms with Crippen molar-refractivity contribution in [3.05, 3.63) is 29.1 Å². The highest BCUT2D eigenvalue weighted by Crippen LogP contribution is 2.19. The minimum Gasteiger partial charge on any atom is -0.355 e. The van der Waals surface area contributed by atoms with Crippen molar-refractivity contribution in [2.24, 2.45) is 0 Å². The monoisotopic (exact) mass is 343 g/mol. The van der Waals surface area contributed by atoms with Crippen LogP contribution < -0.4 is 16.2 Å². The minimum absolute atomic E-state index is 0.0854. The summed E-state index contributed by atoms with van der Waals surface area (Å²) in [6.07, 6.45) is 4.80. The first kappa shape index (κ1) is 17.9. The summed E-state index contributed by atoms with van der Waals surface area (Å²) in [6, 6.07) is 4.49. The van der Waals surface area contributed by atoms with Crippen molar-refractivity contribution in [1.29, 1.82) is 0 Å². The maximum Gasteiger partial charge on any atom is 0.238 e. The fraction of sp³-hybridized carbons (Fsp3) is 0.579. The average Bonchev–Trinajstić information content (AvgIpc) is 3.22. The molecule has 0 radical (unpaired) electrons. The zero-order chi connectivity index (χ0) is 17.8. The van der Waals surface area contributed by atoms with Gasteiger partial charge in [-0.05, 0) is 50.3 Å². The Hall–Kier alpha value is -1.92. The fourth-order valence-electron chi connectivity index (χ4n) is 3.41. The smallest absolute Gasteiger partial charge is 0.238 e. The fourth-order valence-corrected chi connectivity index (χ4v) is 3.41. The van der Waals surface area contributed by atoms with E-state index in [-0.39, 0.29) is 11.9 Å². The van der Waals surface area contributed by atoms with E-state index in [0.717, 1.165) is 49.0 Å². The summed E-state index contributed by atoms with van der Waals surface area (Å²) in [4.78, 5) is 20.3. The largest absolute Gasteiger partial charge is 0.355 e. The predicted octanol–water partition coefficient (Wildman–Crippen LogP) is 2.26. The topological polar surface area (TPSA) is 81.8 Å². The van der Waals surface area contributed by atoms with Crippen molar-refractivity contribution < 1.29 is 4.79 Å². The Kier molecular flexibility index (Phi) is 5.71. The number of hydrazine groups is 1. The van der Waals surface area contributed by atoms with Crippen LogP contribution in [0.2, 0.25) is 0 Å². The first-order chi connectivity index (χ1) is 12.1. The molecule has 136 valence electrons. The third-order valence-electron chi connectivity index (χ3n) is 5.05. The van der Waals surface area contributed by atoms with E-state index >= 15 is 0 Å². The molecule has 0 bridgehead atoms. The van der Waals surface area contributed by atoms with Crippen LogP contribution in [-0.4, -0.2) is 34.5 Å². The van der Waals surface area contributed by atoms with Crippen LogP contribution in [-0.2, 0) is 11.2 Å². The van der Waals surface area contributed by atoms with E-state index in [4.69, 9.17) is 4.98 Å². The van der Waals surface area contributed by atoms with Crippen LogP contribution in [0, 0.1) is 13.8 Å². The number of imidazole rings is 1. The number of aromatic nitrogens is 2. The molecule has 1 amide bonds. The van der Waals surface area contributed by atoms with Gasteiger partial charge >= 0.3 is 0 Å². The number of carbonyl (C=O) groups excluding carboxylic acids is 1. The zero-order valence-corrected chi connectivity index (χ0v) is 15.4. The molecule has 1 aromatic carbocycles. The summed E-state index contributed by atoms with van der Waals surface area (Å²) >= 11 is 0. The number of rotatable bonds is 7. The van der Waals surface area contributed by atoms with Gasteiger partial charge in [0.05, 0.1) is 11.0 Å². The van der Waals surface area contributed by atoms with E-state index in [9.17, 15) is 4.79 Å². The normalized spacial score (nSPS) is 20.3. The van der Waals surface area contributed by atoms with Gasteiger partial charge in [0.15, 0.2) is 0 Å². The zero-order valence-electron chi connectivity index (χ0n) is 15.4. The van der Waals surface area contributed by atoms with Gasteiger partial charge in [0, 0.05) is 19.0 Å². The number of H-pyrrole nitrogens is 1. The maximum absolute atomic E-state index is 12.2. The van der Waals surface area contributed by atoms with Gasteiger partial charge in [0.25, 0.3) is 0 Å². The second-order valence-electron chi connectivity index (χ2n) is 7.04. The van der Waals surface area contributed by atoms with E-state index in [1.165, 1.54) is 11.1 Å². The number of aromatic amines is 1. The molecule has 2 unspecified atom stereocenters. The molecule has 0 spiro atoms. The molecule has 25 heavy (non-hydrogen) atoms. The molecule has 6 heteroatoms. The molecule has 0 saturated carbocycles. The lowest BCUT2D eigenvalue weighted by atomic mass is 10.1. The molecular weight excluding hydrogens is 314 g/mol. The Bertz CT molecular complexity index is 739. The van der Waals surface area contributed by atoms with Gasteiger partial charge in [-0.3, -0.25) is 10.2 Å². The first-order valence-electron chi connectivity index (χ1n) is 9.32. The highest BCUT2D eigenvalue weighted by Gasteiger charge is 2.28. The Morgan fingerprint density at radius 3 is 2.96 bits per heavy atom. The number of nitrogens with zero attached hydrogens (tertiary/aromatic N) is 1. The number of fused-ring (bicyclic) bond motifs is 1. The van der Waals surface area contributed by atoms with Crippen molar-refractivity contribution in [1.82, 2.24) is 26.1 Å². The number of carbonyl (C=O) groups is 1. The van der Waals surface area contributed by atoms with E-state index in [2.05, 4.69) is 54.1 Å². The first-order valence-corrected chi connectivity index (χ1v) is 9.32. The quantitative estimate of drug-likeness (QED) is 0.581. The van der Waals surface area contributed by atoms with Crippen LogP contribution in [0.25, 0.3) is 11.0 Å². The second-order valence-corrected chi connectivity index (χ2v) is 7.04.